The van der Waals surface area contributed by atoms with Crippen LogP contribution in [-0.4, -0.2) is 64.7 Å². The second kappa shape index (κ2) is 17.9. The van der Waals surface area contributed by atoms with E-state index in [1.807, 2.05) is 23.1 Å². The average Bonchev–Trinajstić information content (AvgIpc) is 3.58. The number of aliphatic carboxylic acids is 1. The summed E-state index contributed by atoms with van der Waals surface area (Å²) in [5, 5.41) is 19.7. The van der Waals surface area contributed by atoms with Crippen LogP contribution in [0.3, 0.4) is 0 Å². The number of carboxylic acid groups (broad SMARTS) is 1. The van der Waals surface area contributed by atoms with Gasteiger partial charge in [0.2, 0.25) is 0 Å². The molecule has 0 aliphatic carbocycles. The lowest BCUT2D eigenvalue weighted by Crippen LogP contribution is -2.44. The molecule has 2 aliphatic heterocycles. The smallest absolute Gasteiger partial charge is 0.320 e. The average molecular weight is 737 g/mol. The molecule has 0 bridgehead atoms. The fraction of sp³-hybridized carbons (Fsp3) is 0.419. The van der Waals surface area contributed by atoms with Gasteiger partial charge in [-0.05, 0) is 105 Å². The summed E-state index contributed by atoms with van der Waals surface area (Å²) in [6, 6.07) is 19.4. The summed E-state index contributed by atoms with van der Waals surface area (Å²) in [5.74, 6) is 1.87. The minimum Gasteiger partial charge on any atom is -0.493 e. The Morgan fingerprint density at radius 2 is 1.72 bits per heavy atom. The van der Waals surface area contributed by atoms with E-state index in [2.05, 4.69) is 61.0 Å². The van der Waals surface area contributed by atoms with E-state index in [1.165, 1.54) is 25.7 Å². The van der Waals surface area contributed by atoms with Crippen LogP contribution in [0.4, 0.5) is 0 Å². The molecule has 10 heteroatoms. The summed E-state index contributed by atoms with van der Waals surface area (Å²) >= 11 is 6.86. The fourth-order valence-electron chi connectivity index (χ4n) is 7.46. The molecule has 0 radical (unpaired) electrons. The molecule has 2 saturated heterocycles. The molecular weight excluding hydrogens is 688 g/mol. The number of carbonyl (C=O) groups is 1. The zero-order valence-electron chi connectivity index (χ0n) is 30.9. The molecule has 0 spiro atoms. The van der Waals surface area contributed by atoms with Gasteiger partial charge >= 0.3 is 5.97 Å². The molecule has 2 fully saturated rings. The van der Waals surface area contributed by atoms with Gasteiger partial charge in [0, 0.05) is 49.2 Å². The van der Waals surface area contributed by atoms with Crippen molar-refractivity contribution < 1.29 is 24.1 Å². The second-order valence-corrected chi connectivity index (χ2v) is 14.8. The van der Waals surface area contributed by atoms with Crippen molar-refractivity contribution in [3.8, 4) is 34.4 Å². The van der Waals surface area contributed by atoms with Crippen LogP contribution in [-0.2, 0) is 24.6 Å². The standard InChI is InChI=1S/C43H49ClN4O5/c1-29-14-17-47(25-29)15-8-18-51-40-13-7-11-37(31(40)3)36-10-6-9-34(30(36)2)28-53-42-21-41(52-27-33-19-32(22-45)23-46-24-33)35(20-38(42)44)26-48-16-5-4-12-39(48)43(49)50/h6-7,9-11,13,19-21,23-24,29,39H,4-5,8,12,14-18,25-28H2,1-3H3,(H,49,50)/t29?,39-/m0/s1. The normalized spacial score (nSPS) is 17.7. The molecule has 6 rings (SSSR count). The van der Waals surface area contributed by atoms with Gasteiger partial charge in [-0.1, -0.05) is 55.3 Å². The van der Waals surface area contributed by atoms with Crippen LogP contribution in [0.15, 0.2) is 67.0 Å². The minimum atomic E-state index is -0.827. The Hall–Kier alpha value is -4.62. The van der Waals surface area contributed by atoms with E-state index in [0.29, 0.717) is 48.2 Å². The van der Waals surface area contributed by atoms with Crippen LogP contribution in [0.1, 0.15) is 72.4 Å². The maximum absolute atomic E-state index is 12.1. The second-order valence-electron chi connectivity index (χ2n) is 14.4. The van der Waals surface area contributed by atoms with Crippen molar-refractivity contribution in [2.24, 2.45) is 5.92 Å². The summed E-state index contributed by atoms with van der Waals surface area (Å²) in [5.41, 5.74) is 7.43. The van der Waals surface area contributed by atoms with Crippen molar-refractivity contribution in [2.75, 3.05) is 32.8 Å². The molecule has 0 amide bonds. The van der Waals surface area contributed by atoms with Crippen molar-refractivity contribution in [1.29, 1.82) is 5.26 Å². The topological polar surface area (TPSA) is 108 Å². The number of ether oxygens (including phenoxy) is 3. The van der Waals surface area contributed by atoms with Gasteiger partial charge in [0.25, 0.3) is 0 Å². The number of benzene rings is 3. The number of nitriles is 1. The largest absolute Gasteiger partial charge is 0.493 e. The number of piperidine rings is 1. The first kappa shape index (κ1) is 38.1. The Bertz CT molecular complexity index is 1940. The summed E-state index contributed by atoms with van der Waals surface area (Å²) < 4.78 is 19.0. The number of aromatic nitrogens is 1. The summed E-state index contributed by atoms with van der Waals surface area (Å²) in [7, 11) is 0. The zero-order chi connectivity index (χ0) is 37.3. The van der Waals surface area contributed by atoms with Gasteiger partial charge in [0.15, 0.2) is 0 Å². The van der Waals surface area contributed by atoms with Crippen LogP contribution in [0.5, 0.6) is 17.2 Å². The molecule has 4 aromatic rings. The van der Waals surface area contributed by atoms with E-state index in [9.17, 15) is 15.2 Å². The van der Waals surface area contributed by atoms with E-state index < -0.39 is 12.0 Å². The molecule has 1 N–H and O–H groups in total. The molecule has 0 saturated carbocycles. The Morgan fingerprint density at radius 1 is 0.925 bits per heavy atom. The lowest BCUT2D eigenvalue weighted by atomic mass is 9.93. The first-order chi connectivity index (χ1) is 25.7. The number of nitrogens with zero attached hydrogens (tertiary/aromatic N) is 4. The summed E-state index contributed by atoms with van der Waals surface area (Å²) in [6.45, 7) is 12.2. The Morgan fingerprint density at radius 3 is 2.49 bits per heavy atom. The zero-order valence-corrected chi connectivity index (χ0v) is 31.7. The molecule has 9 nitrogen and oxygen atoms in total. The highest BCUT2D eigenvalue weighted by molar-refractivity contribution is 6.32. The van der Waals surface area contributed by atoms with Crippen molar-refractivity contribution in [2.45, 2.75) is 78.7 Å². The van der Waals surface area contributed by atoms with Crippen LogP contribution in [0.2, 0.25) is 5.02 Å². The highest BCUT2D eigenvalue weighted by atomic mass is 35.5. The SMILES string of the molecule is Cc1c(COc2cc(OCc3cncc(C#N)c3)c(CN3CCCC[C@H]3C(=O)O)cc2Cl)cccc1-c1cccc(OCCCN2CCC(C)C2)c1C. The van der Waals surface area contributed by atoms with Crippen molar-refractivity contribution in [3.63, 3.8) is 0 Å². The number of hydrogen-bond acceptors (Lipinski definition) is 8. The van der Waals surface area contributed by atoms with Gasteiger partial charge in [-0.15, -0.1) is 0 Å². The quantitative estimate of drug-likeness (QED) is 0.120. The number of hydrogen-bond donors (Lipinski definition) is 1. The lowest BCUT2D eigenvalue weighted by molar-refractivity contribution is -0.144. The first-order valence-electron chi connectivity index (χ1n) is 18.6. The molecule has 3 aromatic carbocycles. The Labute approximate surface area is 318 Å². The summed E-state index contributed by atoms with van der Waals surface area (Å²) in [4.78, 5) is 20.7. The van der Waals surface area contributed by atoms with E-state index >= 15 is 0 Å². The maximum Gasteiger partial charge on any atom is 0.320 e. The minimum absolute atomic E-state index is 0.167. The number of rotatable bonds is 15. The van der Waals surface area contributed by atoms with Gasteiger partial charge < -0.3 is 24.2 Å². The van der Waals surface area contributed by atoms with Crippen LogP contribution in [0, 0.1) is 31.1 Å². The van der Waals surface area contributed by atoms with E-state index in [0.717, 1.165) is 76.4 Å². The van der Waals surface area contributed by atoms with E-state index in [-0.39, 0.29) is 13.2 Å². The molecule has 53 heavy (non-hydrogen) atoms. The van der Waals surface area contributed by atoms with Gasteiger partial charge in [-0.25, -0.2) is 0 Å². The molecule has 2 aliphatic rings. The third kappa shape index (κ3) is 9.68. The molecule has 278 valence electrons. The van der Waals surface area contributed by atoms with Gasteiger partial charge in [-0.3, -0.25) is 14.7 Å². The number of pyridine rings is 1. The highest BCUT2D eigenvalue weighted by Crippen LogP contribution is 2.37. The summed E-state index contributed by atoms with van der Waals surface area (Å²) in [6.07, 6.45) is 7.86. The fourth-order valence-corrected chi connectivity index (χ4v) is 7.70. The third-order valence-electron chi connectivity index (χ3n) is 10.5. The monoisotopic (exact) mass is 736 g/mol. The van der Waals surface area contributed by atoms with Crippen LogP contribution in [0.25, 0.3) is 11.1 Å². The van der Waals surface area contributed by atoms with Crippen molar-refractivity contribution in [1.82, 2.24) is 14.8 Å². The predicted octanol–water partition coefficient (Wildman–Crippen LogP) is 8.60. The van der Waals surface area contributed by atoms with Gasteiger partial charge in [-0.2, -0.15) is 5.26 Å². The molecule has 2 atom stereocenters. The highest BCUT2D eigenvalue weighted by Gasteiger charge is 2.29. The van der Waals surface area contributed by atoms with Crippen LogP contribution < -0.4 is 14.2 Å². The van der Waals surface area contributed by atoms with Crippen LogP contribution >= 0.6 is 11.6 Å². The lowest BCUT2D eigenvalue weighted by Gasteiger charge is -2.33. The Balaban J connectivity index is 1.18. The molecule has 1 unspecified atom stereocenters. The first-order valence-corrected chi connectivity index (χ1v) is 19.0. The van der Waals surface area contributed by atoms with Crippen molar-refractivity contribution in [3.05, 3.63) is 105 Å². The number of halogens is 1. The maximum atomic E-state index is 12.1. The van der Waals surface area contributed by atoms with Crippen molar-refractivity contribution >= 4 is 17.6 Å². The molecular formula is C43H49ClN4O5. The van der Waals surface area contributed by atoms with Gasteiger partial charge in [0.1, 0.15) is 42.6 Å². The Kier molecular flexibility index (Phi) is 12.9. The van der Waals surface area contributed by atoms with Gasteiger partial charge in [0.05, 0.1) is 17.2 Å². The third-order valence-corrected chi connectivity index (χ3v) is 10.8. The molecule has 1 aromatic heterocycles. The van der Waals surface area contributed by atoms with E-state index in [4.69, 9.17) is 25.8 Å². The number of carboxylic acids is 1. The van der Waals surface area contributed by atoms with E-state index in [1.54, 1.807) is 18.3 Å². The molecule has 3 heterocycles. The predicted molar refractivity (Wildman–Crippen MR) is 206 cm³/mol. The number of likely N-dealkylation sites (tertiary alicyclic amines) is 2.